The second-order valence-corrected chi connectivity index (χ2v) is 12.0. The Morgan fingerprint density at radius 2 is 1.70 bits per heavy atom. The Kier molecular flexibility index (Phi) is 7.14. The predicted molar refractivity (Wildman–Crippen MR) is 170 cm³/mol. The minimum atomic E-state index is -1.15. The van der Waals surface area contributed by atoms with Crippen molar-refractivity contribution in [1.82, 2.24) is 20.3 Å². The van der Waals surface area contributed by atoms with E-state index in [1.165, 1.54) is 12.7 Å². The Bertz CT molecular complexity index is 1960. The Hall–Kier alpha value is -4.79. The Morgan fingerprint density at radius 1 is 1.00 bits per heavy atom. The summed E-state index contributed by atoms with van der Waals surface area (Å²) in [5.41, 5.74) is 10.8. The second kappa shape index (κ2) is 10.7. The highest BCUT2D eigenvalue weighted by Gasteiger charge is 2.48. The molecule has 44 heavy (non-hydrogen) atoms. The topological polar surface area (TPSA) is 140 Å². The molecule has 0 radical (unpaired) electrons. The molecule has 3 aromatic heterocycles. The van der Waals surface area contributed by atoms with E-state index in [2.05, 4.69) is 46.8 Å². The summed E-state index contributed by atoms with van der Waals surface area (Å²) in [5.74, 6) is -3.40. The molecule has 5 N–H and O–H groups in total. The van der Waals surface area contributed by atoms with Crippen LogP contribution in [0.3, 0.4) is 0 Å². The number of carbonyl (C=O) groups excluding carboxylic acids is 2. The fraction of sp³-hybridized carbons (Fsp3) is 0.343. The van der Waals surface area contributed by atoms with Crippen molar-refractivity contribution >= 4 is 47.6 Å². The van der Waals surface area contributed by atoms with Crippen LogP contribution in [0.1, 0.15) is 87.6 Å². The summed E-state index contributed by atoms with van der Waals surface area (Å²) in [7, 11) is 1.28. The van der Waals surface area contributed by atoms with Crippen LogP contribution in [0.2, 0.25) is 0 Å². The van der Waals surface area contributed by atoms with E-state index < -0.39 is 17.9 Å². The third-order valence-corrected chi connectivity index (χ3v) is 9.75. The number of H-pyrrole nitrogens is 3. The van der Waals surface area contributed by atoms with Crippen LogP contribution in [0.4, 0.5) is 0 Å². The van der Waals surface area contributed by atoms with Crippen molar-refractivity contribution < 1.29 is 24.2 Å². The van der Waals surface area contributed by atoms with E-state index in [1.54, 1.807) is 0 Å². The first-order chi connectivity index (χ1) is 21.0. The van der Waals surface area contributed by atoms with E-state index in [9.17, 15) is 19.5 Å². The van der Waals surface area contributed by atoms with Gasteiger partial charge < -0.3 is 30.1 Å². The molecule has 0 saturated carbocycles. The van der Waals surface area contributed by atoms with Crippen molar-refractivity contribution in [3.8, 4) is 0 Å². The highest BCUT2D eigenvalue weighted by Crippen LogP contribution is 2.48. The maximum absolute atomic E-state index is 14.0. The maximum atomic E-state index is 14.0. The molecule has 6 rings (SSSR count). The first-order valence-corrected chi connectivity index (χ1v) is 15.1. The van der Waals surface area contributed by atoms with Gasteiger partial charge in [-0.2, -0.15) is 0 Å². The summed E-state index contributed by atoms with van der Waals surface area (Å²) in [6, 6.07) is 0. The molecule has 9 nitrogen and oxygen atoms in total. The third-order valence-electron chi connectivity index (χ3n) is 9.75. The van der Waals surface area contributed by atoms with Crippen LogP contribution in [0.5, 0.6) is 0 Å². The normalized spacial score (nSPS) is 20.2. The summed E-state index contributed by atoms with van der Waals surface area (Å²) in [6.45, 7) is 14.3. The molecule has 0 aromatic carbocycles. The zero-order valence-corrected chi connectivity index (χ0v) is 26.0. The van der Waals surface area contributed by atoms with E-state index in [0.29, 0.717) is 28.9 Å². The van der Waals surface area contributed by atoms with Gasteiger partial charge in [-0.25, -0.2) is 0 Å². The van der Waals surface area contributed by atoms with Crippen molar-refractivity contribution in [2.45, 2.75) is 53.9 Å². The van der Waals surface area contributed by atoms with Crippen LogP contribution in [0.25, 0.3) is 29.9 Å². The zero-order valence-electron chi connectivity index (χ0n) is 26.0. The number of ether oxygens (including phenoxy) is 1. The van der Waals surface area contributed by atoms with E-state index in [0.717, 1.165) is 62.2 Å². The van der Waals surface area contributed by atoms with Gasteiger partial charge in [-0.15, -0.1) is 0 Å². The molecule has 9 heteroatoms. The number of aromatic nitrogens is 3. The van der Waals surface area contributed by atoms with Crippen LogP contribution in [-0.2, 0) is 20.7 Å². The average molecular weight is 595 g/mol. The SMILES string of the molecule is C=Cc1c2[nH]c(c1C)C=C1NC(=C3c4[nH]c(c(C)c4C(=O)[C@@H]3C(=O)OC)C=c3[nH]c(c(C)c3CC)=C2)[C@H](CCC(=O)O)[C@@H]1C. The smallest absolute Gasteiger partial charge is 0.321 e. The van der Waals surface area contributed by atoms with Gasteiger partial charge in [0.2, 0.25) is 0 Å². The molecular formula is C35H38N4O5. The minimum absolute atomic E-state index is 0.0530. The van der Waals surface area contributed by atoms with E-state index in [1.807, 2.05) is 39.0 Å². The van der Waals surface area contributed by atoms with E-state index in [4.69, 9.17) is 4.74 Å². The van der Waals surface area contributed by atoms with Crippen molar-refractivity contribution in [2.24, 2.45) is 17.8 Å². The molecular weight excluding hydrogens is 556 g/mol. The van der Waals surface area contributed by atoms with Gasteiger partial charge >= 0.3 is 11.9 Å². The molecule has 3 aromatic rings. The second-order valence-electron chi connectivity index (χ2n) is 12.0. The summed E-state index contributed by atoms with van der Waals surface area (Å²) >= 11 is 0. The standard InChI is InChI=1S/C35H38N4O5/c1-8-19-15(3)22-12-24-17(5)21(10-11-28(40)41)32(38-24)30-31(35(43)44-7)34(42)29-18(6)25(39-33(29)30)14-27-20(9-2)16(4)23(37-27)13-26(19)36-22/h8,12-14,17,21,31,36-39H,1,9-11H2,2-7H3,(H,40,41)/t17-,21+,31+/m0/s1. The Labute approximate surface area is 255 Å². The van der Waals surface area contributed by atoms with Crippen LogP contribution in [0, 0.1) is 38.5 Å². The highest BCUT2D eigenvalue weighted by molar-refractivity contribution is 6.24. The van der Waals surface area contributed by atoms with Gasteiger partial charge in [0.1, 0.15) is 5.92 Å². The number of aliphatic carboxylic acids is 1. The lowest BCUT2D eigenvalue weighted by molar-refractivity contribution is -0.142. The van der Waals surface area contributed by atoms with Gasteiger partial charge in [0.25, 0.3) is 0 Å². The zero-order chi connectivity index (χ0) is 31.6. The molecule has 8 bridgehead atoms. The number of hydrogen-bond donors (Lipinski definition) is 5. The molecule has 3 atom stereocenters. The number of carboxylic acid groups (broad SMARTS) is 1. The summed E-state index contributed by atoms with van der Waals surface area (Å²) in [6.07, 6.45) is 9.13. The van der Waals surface area contributed by atoms with Gasteiger partial charge in [0.05, 0.1) is 12.8 Å². The molecule has 0 spiro atoms. The first kappa shape index (κ1) is 29.3. The Morgan fingerprint density at radius 3 is 2.36 bits per heavy atom. The number of fused-ring (bicyclic) bond motifs is 7. The van der Waals surface area contributed by atoms with Crippen molar-refractivity contribution in [3.63, 3.8) is 0 Å². The molecule has 1 fully saturated rings. The number of carbonyl (C=O) groups is 3. The number of methoxy groups -OCH3 is 1. The quantitative estimate of drug-likeness (QED) is 0.214. The number of rotatable bonds is 6. The number of hydrogen-bond acceptors (Lipinski definition) is 5. The molecule has 228 valence electrons. The lowest BCUT2D eigenvalue weighted by Crippen LogP contribution is -2.25. The molecule has 1 saturated heterocycles. The molecule has 0 unspecified atom stereocenters. The highest BCUT2D eigenvalue weighted by atomic mass is 16.5. The summed E-state index contributed by atoms with van der Waals surface area (Å²) in [4.78, 5) is 49.7. The summed E-state index contributed by atoms with van der Waals surface area (Å²) in [5, 5.41) is 15.1. The number of Topliss-reactive ketones (excluding diaryl/α,β-unsaturated/α-hetero) is 1. The third kappa shape index (κ3) is 4.32. The number of esters is 1. The fourth-order valence-electron chi connectivity index (χ4n) is 7.28. The molecule has 5 heterocycles. The van der Waals surface area contributed by atoms with Gasteiger partial charge in [-0.1, -0.05) is 26.5 Å². The van der Waals surface area contributed by atoms with E-state index in [-0.39, 0.29) is 24.0 Å². The molecule has 2 aliphatic heterocycles. The van der Waals surface area contributed by atoms with Crippen molar-refractivity contribution in [2.75, 3.05) is 7.11 Å². The molecule has 0 amide bonds. The largest absolute Gasteiger partial charge is 0.481 e. The minimum Gasteiger partial charge on any atom is -0.481 e. The predicted octanol–water partition coefficient (Wildman–Crippen LogP) is 4.23. The number of carboxylic acids is 1. The van der Waals surface area contributed by atoms with Crippen LogP contribution >= 0.6 is 0 Å². The van der Waals surface area contributed by atoms with Crippen LogP contribution in [0.15, 0.2) is 18.0 Å². The average Bonchev–Trinajstić information content (AvgIpc) is 3.72. The van der Waals surface area contributed by atoms with Gasteiger partial charge in [0.15, 0.2) is 5.78 Å². The monoisotopic (exact) mass is 594 g/mol. The van der Waals surface area contributed by atoms with Gasteiger partial charge in [-0.05, 0) is 74.1 Å². The number of nitrogens with one attached hydrogen (secondary N) is 4. The molecule has 1 aliphatic carbocycles. The lowest BCUT2D eigenvalue weighted by Gasteiger charge is -2.19. The van der Waals surface area contributed by atoms with Crippen molar-refractivity contribution in [3.05, 3.63) is 84.8 Å². The first-order valence-electron chi connectivity index (χ1n) is 15.1. The lowest BCUT2D eigenvalue weighted by atomic mass is 9.85. The van der Waals surface area contributed by atoms with E-state index >= 15 is 0 Å². The van der Waals surface area contributed by atoms with Gasteiger partial charge in [0, 0.05) is 74.1 Å². The van der Waals surface area contributed by atoms with Crippen LogP contribution in [-0.4, -0.2) is 44.9 Å². The van der Waals surface area contributed by atoms with Crippen molar-refractivity contribution in [1.29, 1.82) is 0 Å². The summed E-state index contributed by atoms with van der Waals surface area (Å²) < 4.78 is 5.15. The fourth-order valence-corrected chi connectivity index (χ4v) is 7.28. The number of aromatic amines is 3. The number of ketones is 1. The Balaban J connectivity index is 1.73. The number of allylic oxidation sites excluding steroid dienone is 2. The molecule has 3 aliphatic rings. The van der Waals surface area contributed by atoms with Crippen LogP contribution < -0.4 is 16.0 Å². The maximum Gasteiger partial charge on any atom is 0.321 e. The van der Waals surface area contributed by atoms with Gasteiger partial charge in [-0.3, -0.25) is 14.4 Å².